The molecule has 0 bridgehead atoms. The lowest BCUT2D eigenvalue weighted by atomic mass is 9.93. The molecule has 0 radical (unpaired) electrons. The summed E-state index contributed by atoms with van der Waals surface area (Å²) in [5, 5.41) is 9.47. The topological polar surface area (TPSA) is 46.5 Å². The predicted molar refractivity (Wildman–Crippen MR) is 68.1 cm³/mol. The second-order valence-electron chi connectivity index (χ2n) is 5.77. The molecule has 0 heterocycles. The molecular formula is C14H26O3. The third-order valence-corrected chi connectivity index (χ3v) is 3.53. The number of carboxylic acids is 1. The van der Waals surface area contributed by atoms with E-state index >= 15 is 0 Å². The Morgan fingerprint density at radius 2 is 1.71 bits per heavy atom. The highest BCUT2D eigenvalue weighted by molar-refractivity contribution is 5.77. The minimum atomic E-state index is -0.912. The van der Waals surface area contributed by atoms with Crippen LogP contribution in [0, 0.1) is 5.92 Å². The maximum absolute atomic E-state index is 11.5. The largest absolute Gasteiger partial charge is 0.479 e. The highest BCUT2D eigenvalue weighted by atomic mass is 16.5. The number of ether oxygens (including phenoxy) is 1. The first kappa shape index (κ1) is 14.5. The lowest BCUT2D eigenvalue weighted by Gasteiger charge is -2.32. The Balaban J connectivity index is 2.66. The molecule has 1 atom stereocenters. The van der Waals surface area contributed by atoms with Gasteiger partial charge in [-0.1, -0.05) is 26.7 Å². The molecule has 1 N–H and O–H groups in total. The van der Waals surface area contributed by atoms with Crippen LogP contribution in [0.1, 0.15) is 65.7 Å². The fraction of sp³-hybridized carbons (Fsp3) is 0.929. The van der Waals surface area contributed by atoms with Gasteiger partial charge in [-0.25, -0.2) is 4.79 Å². The van der Waals surface area contributed by atoms with Crippen molar-refractivity contribution in [2.45, 2.75) is 77.4 Å². The molecule has 0 aliphatic heterocycles. The number of hydrogen-bond acceptors (Lipinski definition) is 2. The summed E-state index contributed by atoms with van der Waals surface area (Å²) < 4.78 is 5.93. The van der Waals surface area contributed by atoms with Crippen LogP contribution in [0.4, 0.5) is 0 Å². The predicted octanol–water partition coefficient (Wildman–Crippen LogP) is 3.62. The highest BCUT2D eigenvalue weighted by Crippen LogP contribution is 2.32. The van der Waals surface area contributed by atoms with E-state index in [1.54, 1.807) is 0 Å². The summed E-state index contributed by atoms with van der Waals surface area (Å²) >= 11 is 0. The van der Waals surface area contributed by atoms with Gasteiger partial charge in [-0.05, 0) is 44.9 Å². The molecule has 1 aliphatic carbocycles. The highest BCUT2D eigenvalue weighted by Gasteiger charge is 2.41. The van der Waals surface area contributed by atoms with Crippen molar-refractivity contribution < 1.29 is 14.6 Å². The molecule has 0 aromatic carbocycles. The van der Waals surface area contributed by atoms with Crippen molar-refractivity contribution in [2.24, 2.45) is 5.92 Å². The van der Waals surface area contributed by atoms with E-state index in [4.69, 9.17) is 4.74 Å². The zero-order chi connectivity index (χ0) is 12.9. The number of carboxylic acid groups (broad SMARTS) is 1. The van der Waals surface area contributed by atoms with Crippen molar-refractivity contribution in [2.75, 3.05) is 0 Å². The Kier molecular flexibility index (Phi) is 5.44. The maximum atomic E-state index is 11.5. The van der Waals surface area contributed by atoms with E-state index in [0.29, 0.717) is 18.8 Å². The standard InChI is InChI=1S/C14H26O3/c1-11(2)10-12(3)17-14(13(15)16)8-6-4-5-7-9-14/h11-12H,4-10H2,1-3H3,(H,15,16). The van der Waals surface area contributed by atoms with E-state index < -0.39 is 11.6 Å². The molecule has 17 heavy (non-hydrogen) atoms. The van der Waals surface area contributed by atoms with Crippen LogP contribution in [0.2, 0.25) is 0 Å². The molecule has 0 spiro atoms. The van der Waals surface area contributed by atoms with Crippen LogP contribution in [0.15, 0.2) is 0 Å². The van der Waals surface area contributed by atoms with E-state index in [0.717, 1.165) is 32.1 Å². The molecule has 0 aromatic heterocycles. The van der Waals surface area contributed by atoms with Gasteiger partial charge in [0, 0.05) is 0 Å². The van der Waals surface area contributed by atoms with Gasteiger partial charge < -0.3 is 9.84 Å². The second-order valence-corrected chi connectivity index (χ2v) is 5.77. The molecular weight excluding hydrogens is 216 g/mol. The van der Waals surface area contributed by atoms with E-state index in [2.05, 4.69) is 13.8 Å². The molecule has 3 nitrogen and oxygen atoms in total. The second kappa shape index (κ2) is 6.39. The van der Waals surface area contributed by atoms with Gasteiger partial charge in [-0.3, -0.25) is 0 Å². The van der Waals surface area contributed by atoms with E-state index in [9.17, 15) is 9.90 Å². The van der Waals surface area contributed by atoms with E-state index in [1.165, 1.54) is 0 Å². The SMILES string of the molecule is CC(C)CC(C)OC1(C(=O)O)CCCCCC1. The van der Waals surface area contributed by atoms with Crippen LogP contribution >= 0.6 is 0 Å². The van der Waals surface area contributed by atoms with Gasteiger partial charge in [-0.2, -0.15) is 0 Å². The molecule has 1 saturated carbocycles. The molecule has 1 unspecified atom stereocenters. The summed E-state index contributed by atoms with van der Waals surface area (Å²) in [5.74, 6) is -0.225. The zero-order valence-corrected chi connectivity index (χ0v) is 11.4. The summed E-state index contributed by atoms with van der Waals surface area (Å²) in [6, 6.07) is 0. The fourth-order valence-electron chi connectivity index (χ4n) is 2.78. The van der Waals surface area contributed by atoms with Crippen molar-refractivity contribution in [1.29, 1.82) is 0 Å². The van der Waals surface area contributed by atoms with E-state index in [-0.39, 0.29) is 6.10 Å². The molecule has 3 heteroatoms. The first-order valence-corrected chi connectivity index (χ1v) is 6.87. The fourth-order valence-corrected chi connectivity index (χ4v) is 2.78. The van der Waals surface area contributed by atoms with Crippen molar-refractivity contribution in [3.05, 3.63) is 0 Å². The van der Waals surface area contributed by atoms with Crippen LogP contribution < -0.4 is 0 Å². The average molecular weight is 242 g/mol. The summed E-state index contributed by atoms with van der Waals surface area (Å²) in [7, 11) is 0. The van der Waals surface area contributed by atoms with Crippen molar-refractivity contribution in [1.82, 2.24) is 0 Å². The normalized spacial score (nSPS) is 22.1. The van der Waals surface area contributed by atoms with Crippen LogP contribution in [0.3, 0.4) is 0 Å². The van der Waals surface area contributed by atoms with Crippen LogP contribution in [-0.4, -0.2) is 22.8 Å². The van der Waals surface area contributed by atoms with Gasteiger partial charge in [0.1, 0.15) is 0 Å². The molecule has 1 fully saturated rings. The Labute approximate surface area is 105 Å². The first-order chi connectivity index (χ1) is 7.96. The monoisotopic (exact) mass is 242 g/mol. The summed E-state index contributed by atoms with van der Waals surface area (Å²) in [6.07, 6.45) is 6.52. The Bertz CT molecular complexity index is 240. The number of rotatable bonds is 5. The Morgan fingerprint density at radius 1 is 1.18 bits per heavy atom. The number of hydrogen-bond donors (Lipinski definition) is 1. The summed E-state index contributed by atoms with van der Waals surface area (Å²) in [4.78, 5) is 11.5. The van der Waals surface area contributed by atoms with Crippen LogP contribution in [0.5, 0.6) is 0 Å². The van der Waals surface area contributed by atoms with Crippen molar-refractivity contribution >= 4 is 5.97 Å². The Morgan fingerprint density at radius 3 is 2.12 bits per heavy atom. The molecule has 0 saturated heterocycles. The number of aliphatic carboxylic acids is 1. The maximum Gasteiger partial charge on any atom is 0.335 e. The lowest BCUT2D eigenvalue weighted by molar-refractivity contribution is -0.176. The van der Waals surface area contributed by atoms with Gasteiger partial charge in [0.2, 0.25) is 0 Å². The van der Waals surface area contributed by atoms with Gasteiger partial charge in [0.05, 0.1) is 6.10 Å². The summed E-state index contributed by atoms with van der Waals surface area (Å²) in [5.41, 5.74) is -0.912. The summed E-state index contributed by atoms with van der Waals surface area (Å²) in [6.45, 7) is 6.27. The van der Waals surface area contributed by atoms with Gasteiger partial charge in [0.25, 0.3) is 0 Å². The van der Waals surface area contributed by atoms with Gasteiger partial charge in [-0.15, -0.1) is 0 Å². The third-order valence-electron chi connectivity index (χ3n) is 3.53. The lowest BCUT2D eigenvalue weighted by Crippen LogP contribution is -2.43. The van der Waals surface area contributed by atoms with Crippen molar-refractivity contribution in [3.8, 4) is 0 Å². The van der Waals surface area contributed by atoms with E-state index in [1.807, 2.05) is 6.92 Å². The minimum absolute atomic E-state index is 0.0317. The van der Waals surface area contributed by atoms with Crippen LogP contribution in [-0.2, 0) is 9.53 Å². The van der Waals surface area contributed by atoms with Crippen molar-refractivity contribution in [3.63, 3.8) is 0 Å². The smallest absolute Gasteiger partial charge is 0.335 e. The molecule has 1 rings (SSSR count). The van der Waals surface area contributed by atoms with Gasteiger partial charge >= 0.3 is 5.97 Å². The molecule has 100 valence electrons. The van der Waals surface area contributed by atoms with Crippen LogP contribution in [0.25, 0.3) is 0 Å². The first-order valence-electron chi connectivity index (χ1n) is 6.87. The minimum Gasteiger partial charge on any atom is -0.479 e. The third kappa shape index (κ3) is 4.30. The molecule has 0 amide bonds. The molecule has 1 aliphatic rings. The zero-order valence-electron chi connectivity index (χ0n) is 11.4. The number of carbonyl (C=O) groups is 1. The van der Waals surface area contributed by atoms with Gasteiger partial charge in [0.15, 0.2) is 5.60 Å². The Hall–Kier alpha value is -0.570. The average Bonchev–Trinajstić information content (AvgIpc) is 2.42. The molecule has 0 aromatic rings. The quantitative estimate of drug-likeness (QED) is 0.749.